The fourth-order valence-corrected chi connectivity index (χ4v) is 3.59. The molecule has 4 rings (SSSR count). The van der Waals surface area contributed by atoms with E-state index in [4.69, 9.17) is 14.2 Å². The van der Waals surface area contributed by atoms with E-state index >= 15 is 0 Å². The van der Waals surface area contributed by atoms with E-state index in [1.165, 1.54) is 27.5 Å². The van der Waals surface area contributed by atoms with Gasteiger partial charge >= 0.3 is 0 Å². The maximum atomic E-state index is 13.0. The van der Waals surface area contributed by atoms with Crippen LogP contribution in [0.4, 0.5) is 0 Å². The number of benzene rings is 2. The van der Waals surface area contributed by atoms with Crippen molar-refractivity contribution in [3.05, 3.63) is 58.5 Å². The Morgan fingerprint density at radius 3 is 2.41 bits per heavy atom. The quantitative estimate of drug-likeness (QED) is 0.415. The van der Waals surface area contributed by atoms with Crippen molar-refractivity contribution >= 4 is 32.6 Å². The summed E-state index contributed by atoms with van der Waals surface area (Å²) in [5.74, 6) is 1.63. The summed E-state index contributed by atoms with van der Waals surface area (Å²) in [6.07, 6.45) is 3.39. The molecule has 148 valence electrons. The first kappa shape index (κ1) is 19.1. The van der Waals surface area contributed by atoms with E-state index in [1.807, 2.05) is 24.4 Å². The highest BCUT2D eigenvalue weighted by Gasteiger charge is 2.20. The molecule has 0 amide bonds. The smallest absolute Gasteiger partial charge is 0.211 e. The molecule has 4 aromatic rings. The molecule has 0 fully saturated rings. The van der Waals surface area contributed by atoms with Gasteiger partial charge in [0, 0.05) is 32.7 Å². The van der Waals surface area contributed by atoms with E-state index < -0.39 is 0 Å². The Balaban J connectivity index is 1.73. The Kier molecular flexibility index (Phi) is 5.02. The minimum atomic E-state index is -0.232. The third-order valence-electron chi connectivity index (χ3n) is 4.65. The lowest BCUT2D eigenvalue weighted by atomic mass is 10.1. The molecular weight excluding hydrogens is 438 g/mol. The highest BCUT2D eigenvalue weighted by Crippen LogP contribution is 2.38. The van der Waals surface area contributed by atoms with Crippen LogP contribution < -0.4 is 14.2 Å². The number of nitrogens with zero attached hydrogens (tertiary/aromatic N) is 1. The summed E-state index contributed by atoms with van der Waals surface area (Å²) in [6.45, 7) is 0. The van der Waals surface area contributed by atoms with Crippen molar-refractivity contribution in [3.8, 4) is 28.6 Å². The zero-order chi connectivity index (χ0) is 20.5. The average Bonchev–Trinajstić information content (AvgIpc) is 3.38. The normalized spacial score (nSPS) is 10.9. The Labute approximate surface area is 175 Å². The number of aromatic nitrogens is 3. The molecule has 0 saturated carbocycles. The number of H-pyrrole nitrogens is 2. The number of nitrogens with one attached hydrogen (secondary N) is 2. The molecule has 2 heterocycles. The van der Waals surface area contributed by atoms with Gasteiger partial charge in [-0.2, -0.15) is 0 Å². The van der Waals surface area contributed by atoms with Crippen molar-refractivity contribution in [2.75, 3.05) is 21.3 Å². The number of hydrogen-bond donors (Lipinski definition) is 2. The Bertz CT molecular complexity index is 1190. The van der Waals surface area contributed by atoms with Crippen molar-refractivity contribution in [2.24, 2.45) is 0 Å². The second-order valence-electron chi connectivity index (χ2n) is 6.28. The number of ether oxygens (including phenoxy) is 3. The molecule has 0 aliphatic rings. The molecule has 2 N–H and O–H groups in total. The first-order valence-electron chi connectivity index (χ1n) is 8.72. The van der Waals surface area contributed by atoms with E-state index in [2.05, 4.69) is 30.9 Å². The van der Waals surface area contributed by atoms with Gasteiger partial charge in [0.25, 0.3) is 0 Å². The lowest BCUT2D eigenvalue weighted by Gasteiger charge is -2.13. The molecule has 0 aliphatic heterocycles. The van der Waals surface area contributed by atoms with E-state index in [0.29, 0.717) is 34.3 Å². The van der Waals surface area contributed by atoms with Gasteiger partial charge < -0.3 is 24.2 Å². The van der Waals surface area contributed by atoms with Gasteiger partial charge in [-0.15, -0.1) is 0 Å². The van der Waals surface area contributed by atoms with Gasteiger partial charge in [0.1, 0.15) is 11.5 Å². The predicted octanol–water partition coefficient (Wildman–Crippen LogP) is 4.58. The molecule has 8 heteroatoms. The molecule has 0 atom stereocenters. The lowest BCUT2D eigenvalue weighted by molar-refractivity contribution is 0.103. The van der Waals surface area contributed by atoms with Crippen LogP contribution in [-0.4, -0.2) is 42.1 Å². The number of imidazole rings is 1. The molecule has 7 nitrogen and oxygen atoms in total. The molecular formula is C21H18BrN3O4. The van der Waals surface area contributed by atoms with Crippen molar-refractivity contribution in [1.82, 2.24) is 15.0 Å². The van der Waals surface area contributed by atoms with Crippen LogP contribution in [-0.2, 0) is 0 Å². The summed E-state index contributed by atoms with van der Waals surface area (Å²) >= 11 is 3.49. The molecule has 29 heavy (non-hydrogen) atoms. The third kappa shape index (κ3) is 3.36. The van der Waals surface area contributed by atoms with Crippen molar-refractivity contribution < 1.29 is 19.0 Å². The summed E-state index contributed by atoms with van der Waals surface area (Å²) in [5, 5.41) is 1.00. The molecule has 2 aromatic carbocycles. The van der Waals surface area contributed by atoms with Crippen LogP contribution in [0.1, 0.15) is 16.1 Å². The van der Waals surface area contributed by atoms with Crippen LogP contribution in [0.2, 0.25) is 0 Å². The zero-order valence-electron chi connectivity index (χ0n) is 16.0. The summed E-state index contributed by atoms with van der Waals surface area (Å²) < 4.78 is 17.0. The van der Waals surface area contributed by atoms with Gasteiger partial charge in [-0.1, -0.05) is 15.9 Å². The van der Waals surface area contributed by atoms with Crippen LogP contribution in [0.5, 0.6) is 17.2 Å². The van der Waals surface area contributed by atoms with Crippen molar-refractivity contribution in [1.29, 1.82) is 0 Å². The van der Waals surface area contributed by atoms with Gasteiger partial charge in [0.05, 0.1) is 27.5 Å². The Hall–Kier alpha value is -3.26. The number of methoxy groups -OCH3 is 3. The minimum absolute atomic E-state index is 0.232. The second kappa shape index (κ2) is 7.63. The number of halogens is 1. The number of hydrogen-bond acceptors (Lipinski definition) is 5. The van der Waals surface area contributed by atoms with E-state index in [0.717, 1.165) is 20.9 Å². The Morgan fingerprint density at radius 1 is 1.03 bits per heavy atom. The van der Waals surface area contributed by atoms with E-state index in [1.54, 1.807) is 12.1 Å². The lowest BCUT2D eigenvalue weighted by Crippen LogP contribution is -2.04. The van der Waals surface area contributed by atoms with Gasteiger partial charge in [-0.05, 0) is 30.3 Å². The summed E-state index contributed by atoms with van der Waals surface area (Å²) in [7, 11) is 4.53. The third-order valence-corrected chi connectivity index (χ3v) is 5.14. The van der Waals surface area contributed by atoms with Crippen molar-refractivity contribution in [3.63, 3.8) is 0 Å². The number of aromatic amines is 2. The van der Waals surface area contributed by atoms with Gasteiger partial charge in [0.2, 0.25) is 11.5 Å². The SMILES string of the molecule is COc1cc(C(=O)c2cnc(-c3c[nH]c4ccc(Br)cc34)[nH]2)cc(OC)c1OC. The highest BCUT2D eigenvalue weighted by molar-refractivity contribution is 9.10. The van der Waals surface area contributed by atoms with Crippen LogP contribution >= 0.6 is 15.9 Å². The summed E-state index contributed by atoms with van der Waals surface area (Å²) in [4.78, 5) is 23.8. The number of fused-ring (bicyclic) bond motifs is 1. The molecule has 0 radical (unpaired) electrons. The molecule has 0 unspecified atom stereocenters. The maximum Gasteiger partial charge on any atom is 0.211 e. The van der Waals surface area contributed by atoms with E-state index in [-0.39, 0.29) is 5.78 Å². The first-order valence-corrected chi connectivity index (χ1v) is 9.51. The predicted molar refractivity (Wildman–Crippen MR) is 113 cm³/mol. The maximum absolute atomic E-state index is 13.0. The number of ketones is 1. The van der Waals surface area contributed by atoms with Crippen molar-refractivity contribution in [2.45, 2.75) is 0 Å². The van der Waals surface area contributed by atoms with E-state index in [9.17, 15) is 4.79 Å². The average molecular weight is 456 g/mol. The van der Waals surface area contributed by atoms with Gasteiger partial charge in [0.15, 0.2) is 11.5 Å². The number of carbonyl (C=O) groups is 1. The van der Waals surface area contributed by atoms with Crippen LogP contribution in [0.15, 0.2) is 47.2 Å². The van der Waals surface area contributed by atoms with Crippen LogP contribution in [0.3, 0.4) is 0 Å². The summed E-state index contributed by atoms with van der Waals surface area (Å²) in [6, 6.07) is 9.18. The highest BCUT2D eigenvalue weighted by atomic mass is 79.9. The topological polar surface area (TPSA) is 89.2 Å². The first-order chi connectivity index (χ1) is 14.0. The number of rotatable bonds is 6. The van der Waals surface area contributed by atoms with Crippen LogP contribution in [0, 0.1) is 0 Å². The number of carbonyl (C=O) groups excluding carboxylic acids is 1. The second-order valence-corrected chi connectivity index (χ2v) is 7.20. The standard InChI is InChI=1S/C21H18BrN3O4/c1-27-17-6-11(7-18(28-2)20(17)29-3)19(26)16-10-24-21(25-16)14-9-23-15-5-4-12(22)8-13(14)15/h4-10,23H,1-3H3,(H,24,25). The molecule has 2 aromatic heterocycles. The monoisotopic (exact) mass is 455 g/mol. The molecule has 0 aliphatic carbocycles. The van der Waals surface area contributed by atoms with Gasteiger partial charge in [-0.3, -0.25) is 4.79 Å². The molecule has 0 bridgehead atoms. The fraction of sp³-hybridized carbons (Fsp3) is 0.143. The van der Waals surface area contributed by atoms with Gasteiger partial charge in [-0.25, -0.2) is 4.98 Å². The summed E-state index contributed by atoms with van der Waals surface area (Å²) in [5.41, 5.74) is 2.62. The Morgan fingerprint density at radius 2 is 1.76 bits per heavy atom. The molecule has 0 saturated heterocycles. The van der Waals surface area contributed by atoms with Crippen LogP contribution in [0.25, 0.3) is 22.3 Å². The molecule has 0 spiro atoms. The minimum Gasteiger partial charge on any atom is -0.493 e. The fourth-order valence-electron chi connectivity index (χ4n) is 3.23. The zero-order valence-corrected chi connectivity index (χ0v) is 17.6. The largest absolute Gasteiger partial charge is 0.493 e.